The molecule has 2 saturated heterocycles. The minimum Gasteiger partial charge on any atom is -0.383 e. The van der Waals surface area contributed by atoms with E-state index in [4.69, 9.17) is 9.47 Å². The fourth-order valence-electron chi connectivity index (χ4n) is 3.34. The highest BCUT2D eigenvalue weighted by Gasteiger charge is 2.41. The maximum Gasteiger partial charge on any atom is 0.272 e. The number of carbonyl (C=O) groups excluding carboxylic acids is 2. The number of fused-ring (bicyclic) bond motifs is 1. The summed E-state index contributed by atoms with van der Waals surface area (Å²) < 4.78 is 10.8. The molecule has 0 aliphatic carbocycles. The van der Waals surface area contributed by atoms with E-state index < -0.39 is 0 Å². The summed E-state index contributed by atoms with van der Waals surface area (Å²) in [7, 11) is 1.61. The standard InChI is InChI=1S/C17H23N3O4/c1-12-4-3-5-13(18-12)17(22)19-7-6-15-14(10-19)20(8-9-23-2)16(21)11-24-15/h3-5,14-15H,6-11H2,1-2H3/t14-,15+/m0/s1. The second kappa shape index (κ2) is 7.27. The van der Waals surface area contributed by atoms with Crippen molar-refractivity contribution in [3.63, 3.8) is 0 Å². The van der Waals surface area contributed by atoms with Crippen molar-refractivity contribution in [1.29, 1.82) is 0 Å². The minimum atomic E-state index is -0.121. The molecule has 0 radical (unpaired) electrons. The Morgan fingerprint density at radius 2 is 2.29 bits per heavy atom. The molecule has 1 aromatic rings. The van der Waals surface area contributed by atoms with Crippen LogP contribution >= 0.6 is 0 Å². The Morgan fingerprint density at radius 3 is 3.04 bits per heavy atom. The Bertz CT molecular complexity index is 622. The quantitative estimate of drug-likeness (QED) is 0.801. The largest absolute Gasteiger partial charge is 0.383 e. The average Bonchev–Trinajstić information content (AvgIpc) is 2.60. The summed E-state index contributed by atoms with van der Waals surface area (Å²) in [6.07, 6.45) is 0.702. The summed E-state index contributed by atoms with van der Waals surface area (Å²) in [5, 5.41) is 0. The molecule has 3 heterocycles. The molecule has 24 heavy (non-hydrogen) atoms. The summed E-state index contributed by atoms with van der Waals surface area (Å²) in [4.78, 5) is 32.8. The number of methoxy groups -OCH3 is 1. The van der Waals surface area contributed by atoms with E-state index in [0.717, 1.165) is 12.1 Å². The molecular weight excluding hydrogens is 310 g/mol. The van der Waals surface area contributed by atoms with Crippen LogP contribution < -0.4 is 0 Å². The lowest BCUT2D eigenvalue weighted by atomic mass is 9.98. The highest BCUT2D eigenvalue weighted by molar-refractivity contribution is 5.92. The highest BCUT2D eigenvalue weighted by atomic mass is 16.5. The summed E-state index contributed by atoms with van der Waals surface area (Å²) >= 11 is 0. The third-order valence-electron chi connectivity index (χ3n) is 4.59. The van der Waals surface area contributed by atoms with Gasteiger partial charge in [0.05, 0.1) is 18.8 Å². The molecule has 3 rings (SSSR count). The number of amides is 2. The Kier molecular flexibility index (Phi) is 5.11. The molecule has 1 aromatic heterocycles. The topological polar surface area (TPSA) is 72.0 Å². The van der Waals surface area contributed by atoms with Gasteiger partial charge in [0, 0.05) is 32.4 Å². The zero-order valence-corrected chi connectivity index (χ0v) is 14.1. The normalized spacial score (nSPS) is 24.0. The van der Waals surface area contributed by atoms with Gasteiger partial charge in [-0.2, -0.15) is 0 Å². The molecule has 0 bridgehead atoms. The first-order valence-corrected chi connectivity index (χ1v) is 8.23. The van der Waals surface area contributed by atoms with Crippen molar-refractivity contribution in [3.05, 3.63) is 29.6 Å². The Hall–Kier alpha value is -1.99. The predicted molar refractivity (Wildman–Crippen MR) is 86.6 cm³/mol. The Balaban J connectivity index is 1.74. The van der Waals surface area contributed by atoms with Gasteiger partial charge in [0.2, 0.25) is 5.91 Å². The fourth-order valence-corrected chi connectivity index (χ4v) is 3.34. The van der Waals surface area contributed by atoms with Crippen molar-refractivity contribution in [3.8, 4) is 0 Å². The number of hydrogen-bond acceptors (Lipinski definition) is 5. The van der Waals surface area contributed by atoms with E-state index in [9.17, 15) is 9.59 Å². The molecule has 7 nitrogen and oxygen atoms in total. The Morgan fingerprint density at radius 1 is 1.46 bits per heavy atom. The average molecular weight is 333 g/mol. The maximum absolute atomic E-state index is 12.7. The van der Waals surface area contributed by atoms with Gasteiger partial charge in [-0.15, -0.1) is 0 Å². The van der Waals surface area contributed by atoms with Crippen LogP contribution in [0.15, 0.2) is 18.2 Å². The van der Waals surface area contributed by atoms with Crippen LogP contribution in [0.2, 0.25) is 0 Å². The number of pyridine rings is 1. The van der Waals surface area contributed by atoms with Gasteiger partial charge in [-0.05, 0) is 25.5 Å². The van der Waals surface area contributed by atoms with E-state index in [2.05, 4.69) is 4.98 Å². The zero-order valence-electron chi connectivity index (χ0n) is 14.1. The number of aromatic nitrogens is 1. The molecule has 0 spiro atoms. The third-order valence-corrected chi connectivity index (χ3v) is 4.59. The molecule has 7 heteroatoms. The van der Waals surface area contributed by atoms with Crippen molar-refractivity contribution in [2.24, 2.45) is 0 Å². The van der Waals surface area contributed by atoms with Gasteiger partial charge in [-0.25, -0.2) is 4.98 Å². The van der Waals surface area contributed by atoms with Crippen molar-refractivity contribution >= 4 is 11.8 Å². The van der Waals surface area contributed by atoms with E-state index >= 15 is 0 Å². The van der Waals surface area contributed by atoms with Gasteiger partial charge in [-0.1, -0.05) is 6.07 Å². The number of hydrogen-bond donors (Lipinski definition) is 0. The molecule has 0 saturated carbocycles. The summed E-state index contributed by atoms with van der Waals surface area (Å²) in [5.41, 5.74) is 1.26. The van der Waals surface area contributed by atoms with E-state index in [1.165, 1.54) is 0 Å². The van der Waals surface area contributed by atoms with Crippen LogP contribution in [0.3, 0.4) is 0 Å². The van der Waals surface area contributed by atoms with Crippen LogP contribution in [0.1, 0.15) is 22.6 Å². The van der Waals surface area contributed by atoms with Gasteiger partial charge < -0.3 is 19.3 Å². The van der Waals surface area contributed by atoms with Gasteiger partial charge in [-0.3, -0.25) is 9.59 Å². The first-order chi connectivity index (χ1) is 11.6. The lowest BCUT2D eigenvalue weighted by Crippen LogP contribution is -2.63. The molecule has 2 fully saturated rings. The number of likely N-dealkylation sites (tertiary alicyclic amines) is 1. The Labute approximate surface area is 141 Å². The second-order valence-electron chi connectivity index (χ2n) is 6.20. The smallest absolute Gasteiger partial charge is 0.272 e. The zero-order chi connectivity index (χ0) is 17.1. The highest BCUT2D eigenvalue weighted by Crippen LogP contribution is 2.24. The predicted octanol–water partition coefficient (Wildman–Crippen LogP) is 0.478. The monoisotopic (exact) mass is 333 g/mol. The van der Waals surface area contributed by atoms with E-state index in [-0.39, 0.29) is 30.6 Å². The van der Waals surface area contributed by atoms with E-state index in [1.54, 1.807) is 23.0 Å². The summed E-state index contributed by atoms with van der Waals surface area (Å²) in [5.74, 6) is -0.141. The molecule has 2 amide bonds. The van der Waals surface area contributed by atoms with Crippen LogP contribution in [0.25, 0.3) is 0 Å². The van der Waals surface area contributed by atoms with Gasteiger partial charge in [0.1, 0.15) is 12.3 Å². The first-order valence-electron chi connectivity index (χ1n) is 8.23. The molecular formula is C17H23N3O4. The first kappa shape index (κ1) is 16.9. The van der Waals surface area contributed by atoms with Gasteiger partial charge >= 0.3 is 0 Å². The van der Waals surface area contributed by atoms with Gasteiger partial charge in [0.25, 0.3) is 5.91 Å². The number of nitrogens with zero attached hydrogens (tertiary/aromatic N) is 3. The lowest BCUT2D eigenvalue weighted by Gasteiger charge is -2.46. The van der Waals surface area contributed by atoms with Crippen LogP contribution in [0.5, 0.6) is 0 Å². The molecule has 2 aliphatic rings. The molecule has 0 aromatic carbocycles. The van der Waals surface area contributed by atoms with Crippen LogP contribution in [-0.4, -0.2) is 78.7 Å². The van der Waals surface area contributed by atoms with Crippen molar-refractivity contribution in [2.45, 2.75) is 25.5 Å². The fraction of sp³-hybridized carbons (Fsp3) is 0.588. The van der Waals surface area contributed by atoms with Crippen molar-refractivity contribution < 1.29 is 19.1 Å². The number of morpholine rings is 1. The number of ether oxygens (including phenoxy) is 2. The number of carbonyl (C=O) groups is 2. The molecule has 130 valence electrons. The minimum absolute atomic E-state index is 0.0194. The van der Waals surface area contributed by atoms with Crippen LogP contribution in [0, 0.1) is 6.92 Å². The van der Waals surface area contributed by atoms with Crippen LogP contribution in [0.4, 0.5) is 0 Å². The molecule has 2 atom stereocenters. The van der Waals surface area contributed by atoms with E-state index in [1.807, 2.05) is 19.1 Å². The lowest BCUT2D eigenvalue weighted by molar-refractivity contribution is -0.163. The molecule has 0 N–H and O–H groups in total. The molecule has 2 aliphatic heterocycles. The molecule has 0 unspecified atom stereocenters. The summed E-state index contributed by atoms with van der Waals surface area (Å²) in [6.45, 7) is 4.05. The number of aryl methyl sites for hydroxylation is 1. The summed E-state index contributed by atoms with van der Waals surface area (Å²) in [6, 6.07) is 5.31. The third kappa shape index (κ3) is 3.42. The van der Waals surface area contributed by atoms with Crippen LogP contribution in [-0.2, 0) is 14.3 Å². The second-order valence-corrected chi connectivity index (χ2v) is 6.20. The van der Waals surface area contributed by atoms with Crippen molar-refractivity contribution in [2.75, 3.05) is 40.0 Å². The van der Waals surface area contributed by atoms with E-state index in [0.29, 0.717) is 31.9 Å². The number of rotatable bonds is 4. The number of piperidine rings is 1. The van der Waals surface area contributed by atoms with Gasteiger partial charge in [0.15, 0.2) is 0 Å². The SMILES string of the molecule is COCCN1C(=O)CO[C@@H]2CCN(C(=O)c3cccc(C)n3)C[C@@H]21. The van der Waals surface area contributed by atoms with Crippen molar-refractivity contribution in [1.82, 2.24) is 14.8 Å². The maximum atomic E-state index is 12.7.